The van der Waals surface area contributed by atoms with E-state index in [2.05, 4.69) is 125 Å². The molecule has 0 bridgehead atoms. The van der Waals surface area contributed by atoms with Crippen LogP contribution in [0.2, 0.25) is 0 Å². The Hall–Kier alpha value is -3.12. The fourth-order valence-corrected chi connectivity index (χ4v) is 7.44. The maximum atomic E-state index is 2.48. The Kier molecular flexibility index (Phi) is 9.80. The molecule has 0 heterocycles. The third kappa shape index (κ3) is 4.64. The summed E-state index contributed by atoms with van der Waals surface area (Å²) in [7, 11) is 0. The normalized spacial score (nSPS) is 14.4. The van der Waals surface area contributed by atoms with E-state index in [9.17, 15) is 0 Å². The second-order valence-electron chi connectivity index (χ2n) is 11.4. The Morgan fingerprint density at radius 1 is 0.421 bits per heavy atom. The molecule has 2 aliphatic rings. The molecule has 0 amide bonds. The lowest BCUT2D eigenvalue weighted by Gasteiger charge is -2.42. The predicted octanol–water partition coefficient (Wildman–Crippen LogP) is 11.9. The third-order valence-electron chi connectivity index (χ3n) is 8.33. The zero-order valence-corrected chi connectivity index (χ0v) is 20.2. The highest BCUT2D eigenvalue weighted by atomic mass is 14.5. The van der Waals surface area contributed by atoms with Crippen molar-refractivity contribution in [3.63, 3.8) is 0 Å². The van der Waals surface area contributed by atoms with Crippen molar-refractivity contribution >= 4 is 0 Å². The Balaban J connectivity index is 0.00000144. The second kappa shape index (κ2) is 11.3. The molecule has 0 aliphatic heterocycles. The van der Waals surface area contributed by atoms with Gasteiger partial charge in [-0.05, 0) is 62.8 Å². The van der Waals surface area contributed by atoms with Crippen molar-refractivity contribution in [2.75, 3.05) is 0 Å². The molecular formula is C38H52. The fraction of sp³-hybridized carbons (Fsp3) is 0.368. The number of benzene rings is 4. The zero-order valence-electron chi connectivity index (χ0n) is 20.2. The molecule has 0 radical (unpaired) electrons. The van der Waals surface area contributed by atoms with E-state index in [4.69, 9.17) is 0 Å². The van der Waals surface area contributed by atoms with Crippen LogP contribution in [0.15, 0.2) is 97.1 Å². The van der Waals surface area contributed by atoms with Crippen molar-refractivity contribution in [2.24, 2.45) is 5.41 Å². The molecule has 4 aromatic carbocycles. The van der Waals surface area contributed by atoms with Gasteiger partial charge in [0.15, 0.2) is 0 Å². The molecule has 204 valence electrons. The molecular weight excluding hydrogens is 456 g/mol. The average molecular weight is 509 g/mol. The van der Waals surface area contributed by atoms with E-state index in [1.54, 1.807) is 0 Å². The van der Waals surface area contributed by atoms with Crippen LogP contribution in [0.4, 0.5) is 0 Å². The van der Waals surface area contributed by atoms with Gasteiger partial charge in [0.05, 0.1) is 0 Å². The Labute approximate surface area is 235 Å². The zero-order chi connectivity index (χ0) is 22.8. The first kappa shape index (κ1) is 32.9. The highest BCUT2D eigenvalue weighted by molar-refractivity contribution is 5.82. The maximum absolute atomic E-state index is 2.48. The van der Waals surface area contributed by atoms with Crippen LogP contribution in [-0.2, 0) is 10.8 Å². The first-order valence-corrected chi connectivity index (χ1v) is 12.2. The first-order valence-electron chi connectivity index (χ1n) is 12.2. The first-order chi connectivity index (χ1) is 15.8. The summed E-state index contributed by atoms with van der Waals surface area (Å²) in [4.78, 5) is 0. The van der Waals surface area contributed by atoms with Crippen molar-refractivity contribution in [1.29, 1.82) is 0 Å². The van der Waals surface area contributed by atoms with Crippen LogP contribution >= 0.6 is 0 Å². The summed E-state index contributed by atoms with van der Waals surface area (Å²) < 4.78 is 0. The molecule has 2 aliphatic carbocycles. The van der Waals surface area contributed by atoms with Gasteiger partial charge in [-0.2, -0.15) is 0 Å². The van der Waals surface area contributed by atoms with Gasteiger partial charge in [-0.15, -0.1) is 0 Å². The molecule has 0 fully saturated rings. The van der Waals surface area contributed by atoms with Gasteiger partial charge in [0.2, 0.25) is 0 Å². The van der Waals surface area contributed by atoms with Crippen molar-refractivity contribution in [3.8, 4) is 22.3 Å². The maximum Gasteiger partial charge on any atom is 0.0192 e. The number of hydrogen-bond acceptors (Lipinski definition) is 0. The summed E-state index contributed by atoms with van der Waals surface area (Å²) in [6.45, 7) is 9.91. The molecule has 0 N–H and O–H groups in total. The lowest BCUT2D eigenvalue weighted by Crippen LogP contribution is -2.35. The van der Waals surface area contributed by atoms with Gasteiger partial charge in [-0.3, -0.25) is 0 Å². The molecule has 0 nitrogen and oxygen atoms in total. The van der Waals surface area contributed by atoms with Crippen LogP contribution in [0.25, 0.3) is 22.3 Å². The third-order valence-corrected chi connectivity index (χ3v) is 8.33. The van der Waals surface area contributed by atoms with E-state index < -0.39 is 0 Å². The van der Waals surface area contributed by atoms with Crippen molar-refractivity contribution in [3.05, 3.63) is 119 Å². The number of hydrogen-bond donors (Lipinski definition) is 0. The largest absolute Gasteiger partial charge is 0.0776 e. The number of fused-ring (bicyclic) bond motifs is 6. The van der Waals surface area contributed by atoms with Crippen LogP contribution in [-0.4, -0.2) is 0 Å². The highest BCUT2D eigenvalue weighted by Crippen LogP contribution is 2.58. The molecule has 0 atom stereocenters. The van der Waals surface area contributed by atoms with Crippen molar-refractivity contribution in [2.45, 2.75) is 88.5 Å². The summed E-state index contributed by atoms with van der Waals surface area (Å²) in [5.74, 6) is 0. The second-order valence-corrected chi connectivity index (χ2v) is 11.4. The smallest absolute Gasteiger partial charge is 0.0192 e. The molecule has 0 unspecified atom stereocenters. The minimum absolute atomic E-state index is 0. The van der Waals surface area contributed by atoms with Crippen molar-refractivity contribution in [1.82, 2.24) is 0 Å². The molecule has 0 heteroatoms. The van der Waals surface area contributed by atoms with Gasteiger partial charge in [0.1, 0.15) is 0 Å². The lowest BCUT2D eigenvalue weighted by molar-refractivity contribution is 0.214. The summed E-state index contributed by atoms with van der Waals surface area (Å²) in [5.41, 5.74) is 11.8. The molecule has 0 aromatic heterocycles. The van der Waals surface area contributed by atoms with Gasteiger partial charge >= 0.3 is 0 Å². The van der Waals surface area contributed by atoms with Gasteiger partial charge in [-0.1, -0.05) is 162 Å². The van der Waals surface area contributed by atoms with Gasteiger partial charge in [-0.25, -0.2) is 0 Å². The average Bonchev–Trinajstić information content (AvgIpc) is 3.21. The van der Waals surface area contributed by atoms with Crippen LogP contribution in [0.3, 0.4) is 0 Å². The molecule has 0 saturated carbocycles. The molecule has 0 spiro atoms. The van der Waals surface area contributed by atoms with Crippen LogP contribution < -0.4 is 0 Å². The molecule has 4 aromatic rings. The molecule has 6 rings (SSSR count). The lowest BCUT2D eigenvalue weighted by atomic mass is 9.62. The minimum Gasteiger partial charge on any atom is -0.0776 e. The van der Waals surface area contributed by atoms with E-state index >= 15 is 0 Å². The number of rotatable bonds is 4. The van der Waals surface area contributed by atoms with E-state index in [0.29, 0.717) is 0 Å². The SMILES string of the molecule is C.C.C.C.C.CC(C)(CC1(C)c2ccccc2-c2ccccc21)CC1(C)c2ccccc2-c2ccccc21. The Morgan fingerprint density at radius 2 is 0.632 bits per heavy atom. The monoisotopic (exact) mass is 508 g/mol. The Morgan fingerprint density at radius 3 is 0.868 bits per heavy atom. The van der Waals surface area contributed by atoms with E-state index in [1.165, 1.54) is 44.5 Å². The topological polar surface area (TPSA) is 0 Å². The van der Waals surface area contributed by atoms with E-state index in [-0.39, 0.29) is 53.4 Å². The summed E-state index contributed by atoms with van der Waals surface area (Å²) >= 11 is 0. The predicted molar refractivity (Wildman–Crippen MR) is 173 cm³/mol. The molecule has 38 heavy (non-hydrogen) atoms. The highest BCUT2D eigenvalue weighted by Gasteiger charge is 2.47. The van der Waals surface area contributed by atoms with E-state index in [1.807, 2.05) is 0 Å². The standard InChI is InChI=1S/C33H32.5CH4/c1-31(2,21-32(3)27-17-9-5-13-23(27)24-14-6-10-18-28(24)32)22-33(4)29-19-11-7-15-25(29)26-16-8-12-20-30(26)33;;;;;/h5-20H,21-22H2,1-4H3;5*1H4. The fourth-order valence-electron chi connectivity index (χ4n) is 7.44. The van der Waals surface area contributed by atoms with Crippen LogP contribution in [0, 0.1) is 5.41 Å². The van der Waals surface area contributed by atoms with Gasteiger partial charge in [0, 0.05) is 10.8 Å². The summed E-state index contributed by atoms with van der Waals surface area (Å²) in [6, 6.07) is 36.2. The summed E-state index contributed by atoms with van der Waals surface area (Å²) in [6.07, 6.45) is 2.24. The van der Waals surface area contributed by atoms with Gasteiger partial charge in [0.25, 0.3) is 0 Å². The van der Waals surface area contributed by atoms with Gasteiger partial charge < -0.3 is 0 Å². The van der Waals surface area contributed by atoms with E-state index in [0.717, 1.165) is 12.8 Å². The quantitative estimate of drug-likeness (QED) is 0.257. The Bertz CT molecular complexity index is 1170. The minimum atomic E-state index is 0. The summed E-state index contributed by atoms with van der Waals surface area (Å²) in [5, 5.41) is 0. The van der Waals surface area contributed by atoms with Crippen molar-refractivity contribution < 1.29 is 0 Å². The van der Waals surface area contributed by atoms with Crippen LogP contribution in [0.5, 0.6) is 0 Å². The van der Waals surface area contributed by atoms with Crippen LogP contribution in [0.1, 0.15) is 99.9 Å². The molecule has 0 saturated heterocycles.